The van der Waals surface area contributed by atoms with Crippen LogP contribution in [0.3, 0.4) is 0 Å². The summed E-state index contributed by atoms with van der Waals surface area (Å²) in [4.78, 5) is 10.3. The summed E-state index contributed by atoms with van der Waals surface area (Å²) in [5.41, 5.74) is 14.9. The number of aromatic nitrogens is 2. The van der Waals surface area contributed by atoms with E-state index in [-0.39, 0.29) is 5.41 Å². The van der Waals surface area contributed by atoms with Crippen LogP contribution in [-0.4, -0.2) is 9.97 Å². The van der Waals surface area contributed by atoms with E-state index in [1.165, 1.54) is 44.5 Å². The van der Waals surface area contributed by atoms with Gasteiger partial charge in [0.15, 0.2) is 5.82 Å². The zero-order chi connectivity index (χ0) is 25.4. The Kier molecular flexibility index (Phi) is 4.37. The Morgan fingerprint density at radius 2 is 1.24 bits per heavy atom. The lowest BCUT2D eigenvalue weighted by Gasteiger charge is -2.21. The maximum Gasteiger partial charge on any atom is 0.160 e. The number of hydrogen-bond acceptors (Lipinski definition) is 2. The van der Waals surface area contributed by atoms with Gasteiger partial charge in [0.1, 0.15) is 0 Å². The quantitative estimate of drug-likeness (QED) is 0.244. The molecule has 0 fully saturated rings. The number of nitrogens with zero attached hydrogens (tertiary/aromatic N) is 2. The van der Waals surface area contributed by atoms with Crippen molar-refractivity contribution in [3.63, 3.8) is 0 Å². The molecule has 2 aliphatic rings. The number of rotatable bonds is 2. The zero-order valence-corrected chi connectivity index (χ0v) is 21.5. The smallest absolute Gasteiger partial charge is 0.160 e. The molecule has 38 heavy (non-hydrogen) atoms. The molecule has 0 spiro atoms. The number of hydrogen-bond donors (Lipinski definition) is 0. The molecule has 1 heterocycles. The molecule has 2 heteroatoms. The van der Waals surface area contributed by atoms with Crippen LogP contribution >= 0.6 is 0 Å². The Balaban J connectivity index is 1.29. The van der Waals surface area contributed by atoms with Crippen LogP contribution in [-0.2, 0) is 11.8 Å². The summed E-state index contributed by atoms with van der Waals surface area (Å²) >= 11 is 0. The van der Waals surface area contributed by atoms with E-state index in [4.69, 9.17) is 9.97 Å². The standard InChI is InChI=1S/C36H26N2/c1-36(2)31-13-7-5-11-28(31)29-18-16-24(21-32(29)36)35-37-33-14-8-6-12-30(33)34(38-35)23-15-17-27-25(20-23)19-22-9-3-4-10-26(22)27/h3-18,20-21H,19H2,1-2H3. The van der Waals surface area contributed by atoms with E-state index in [1.54, 1.807) is 0 Å². The molecule has 0 unspecified atom stereocenters. The van der Waals surface area contributed by atoms with E-state index in [0.717, 1.165) is 40.0 Å². The van der Waals surface area contributed by atoms with Crippen molar-refractivity contribution in [3.05, 3.63) is 131 Å². The Hall–Kier alpha value is -4.56. The van der Waals surface area contributed by atoms with Crippen molar-refractivity contribution in [3.8, 4) is 44.9 Å². The van der Waals surface area contributed by atoms with E-state index in [0.29, 0.717) is 0 Å². The van der Waals surface area contributed by atoms with Crippen LogP contribution in [0.15, 0.2) is 109 Å². The van der Waals surface area contributed by atoms with Gasteiger partial charge in [0, 0.05) is 21.9 Å². The Morgan fingerprint density at radius 3 is 2.16 bits per heavy atom. The van der Waals surface area contributed by atoms with Gasteiger partial charge in [0.25, 0.3) is 0 Å². The number of benzene rings is 5. The van der Waals surface area contributed by atoms with E-state index in [9.17, 15) is 0 Å². The summed E-state index contributed by atoms with van der Waals surface area (Å²) in [6.45, 7) is 4.63. The minimum absolute atomic E-state index is 0.0589. The highest BCUT2D eigenvalue weighted by Crippen LogP contribution is 2.49. The first-order valence-corrected chi connectivity index (χ1v) is 13.3. The Labute approximate surface area is 222 Å². The minimum Gasteiger partial charge on any atom is -0.228 e. The van der Waals surface area contributed by atoms with Crippen LogP contribution in [0.2, 0.25) is 0 Å². The molecular weight excluding hydrogens is 460 g/mol. The molecular formula is C36H26N2. The summed E-state index contributed by atoms with van der Waals surface area (Å²) in [7, 11) is 0. The molecule has 5 aromatic carbocycles. The second kappa shape index (κ2) is 7.72. The van der Waals surface area contributed by atoms with E-state index < -0.39 is 0 Å². The predicted octanol–water partition coefficient (Wildman–Crippen LogP) is 8.84. The molecule has 0 bridgehead atoms. The highest BCUT2D eigenvalue weighted by Gasteiger charge is 2.35. The van der Waals surface area contributed by atoms with Gasteiger partial charge in [-0.15, -0.1) is 0 Å². The highest BCUT2D eigenvalue weighted by molar-refractivity contribution is 5.95. The number of para-hydroxylation sites is 1. The first-order valence-electron chi connectivity index (χ1n) is 13.3. The topological polar surface area (TPSA) is 25.8 Å². The largest absolute Gasteiger partial charge is 0.228 e. The summed E-state index contributed by atoms with van der Waals surface area (Å²) in [5.74, 6) is 0.775. The molecule has 0 saturated heterocycles. The summed E-state index contributed by atoms with van der Waals surface area (Å²) in [6.07, 6.45) is 0.968. The third-order valence-electron chi connectivity index (χ3n) is 8.51. The van der Waals surface area contributed by atoms with Crippen LogP contribution < -0.4 is 0 Å². The lowest BCUT2D eigenvalue weighted by Crippen LogP contribution is -2.15. The van der Waals surface area contributed by atoms with Crippen molar-refractivity contribution >= 4 is 10.9 Å². The first-order chi connectivity index (χ1) is 18.6. The van der Waals surface area contributed by atoms with Crippen LogP contribution in [0.25, 0.3) is 55.8 Å². The maximum atomic E-state index is 5.23. The lowest BCUT2D eigenvalue weighted by molar-refractivity contribution is 0.660. The number of fused-ring (bicyclic) bond motifs is 7. The molecule has 180 valence electrons. The average molecular weight is 487 g/mol. The second-order valence-electron chi connectivity index (χ2n) is 11.0. The summed E-state index contributed by atoms with van der Waals surface area (Å²) in [5, 5.41) is 1.08. The molecule has 0 aliphatic heterocycles. The van der Waals surface area contributed by atoms with Gasteiger partial charge in [-0.2, -0.15) is 0 Å². The monoisotopic (exact) mass is 486 g/mol. The zero-order valence-electron chi connectivity index (χ0n) is 21.5. The third kappa shape index (κ3) is 3.01. The molecule has 1 aromatic heterocycles. The first kappa shape index (κ1) is 21.5. The molecule has 0 N–H and O–H groups in total. The van der Waals surface area contributed by atoms with Crippen molar-refractivity contribution < 1.29 is 0 Å². The van der Waals surface area contributed by atoms with Crippen molar-refractivity contribution in [2.45, 2.75) is 25.7 Å². The van der Waals surface area contributed by atoms with Gasteiger partial charge in [0.2, 0.25) is 0 Å². The molecule has 2 aliphatic carbocycles. The summed E-state index contributed by atoms with van der Waals surface area (Å²) < 4.78 is 0. The molecule has 0 saturated carbocycles. The van der Waals surface area contributed by atoms with E-state index in [1.807, 2.05) is 0 Å². The van der Waals surface area contributed by atoms with Gasteiger partial charge < -0.3 is 0 Å². The van der Waals surface area contributed by atoms with Gasteiger partial charge in [0.05, 0.1) is 11.2 Å². The van der Waals surface area contributed by atoms with E-state index >= 15 is 0 Å². The fraction of sp³-hybridized carbons (Fsp3) is 0.111. The Morgan fingerprint density at radius 1 is 0.553 bits per heavy atom. The van der Waals surface area contributed by atoms with Crippen LogP contribution in [0.4, 0.5) is 0 Å². The average Bonchev–Trinajstić information content (AvgIpc) is 3.44. The van der Waals surface area contributed by atoms with Gasteiger partial charge in [-0.25, -0.2) is 9.97 Å². The van der Waals surface area contributed by atoms with Crippen LogP contribution in [0.1, 0.15) is 36.1 Å². The molecule has 0 amide bonds. The molecule has 2 nitrogen and oxygen atoms in total. The third-order valence-corrected chi connectivity index (χ3v) is 8.51. The second-order valence-corrected chi connectivity index (χ2v) is 11.0. The fourth-order valence-electron chi connectivity index (χ4n) is 6.56. The Bertz CT molecular complexity index is 1930. The van der Waals surface area contributed by atoms with Crippen molar-refractivity contribution in [2.75, 3.05) is 0 Å². The SMILES string of the molecule is CC1(C)c2ccccc2-c2ccc(-c3nc(-c4ccc5c(c4)Cc4ccccc4-5)c4ccccc4n3)cc21. The molecule has 8 rings (SSSR count). The van der Waals surface area contributed by atoms with E-state index in [2.05, 4.69) is 123 Å². The fourth-order valence-corrected chi connectivity index (χ4v) is 6.56. The molecule has 6 aromatic rings. The van der Waals surface area contributed by atoms with Gasteiger partial charge in [-0.1, -0.05) is 105 Å². The predicted molar refractivity (Wildman–Crippen MR) is 156 cm³/mol. The van der Waals surface area contributed by atoms with Crippen molar-refractivity contribution in [1.29, 1.82) is 0 Å². The highest BCUT2D eigenvalue weighted by atomic mass is 14.9. The molecule has 0 radical (unpaired) electrons. The van der Waals surface area contributed by atoms with Crippen molar-refractivity contribution in [1.82, 2.24) is 9.97 Å². The van der Waals surface area contributed by atoms with Crippen molar-refractivity contribution in [2.24, 2.45) is 0 Å². The van der Waals surface area contributed by atoms with Gasteiger partial charge in [-0.3, -0.25) is 0 Å². The molecule has 0 atom stereocenters. The summed E-state index contributed by atoms with van der Waals surface area (Å²) in [6, 6.07) is 39.4. The van der Waals surface area contributed by atoms with Gasteiger partial charge in [-0.05, 0) is 69.1 Å². The van der Waals surface area contributed by atoms with Crippen LogP contribution in [0, 0.1) is 0 Å². The minimum atomic E-state index is -0.0589. The lowest BCUT2D eigenvalue weighted by atomic mass is 9.82. The normalized spacial score (nSPS) is 14.2. The van der Waals surface area contributed by atoms with Gasteiger partial charge >= 0.3 is 0 Å². The van der Waals surface area contributed by atoms with Crippen LogP contribution in [0.5, 0.6) is 0 Å². The maximum absolute atomic E-state index is 5.23.